The van der Waals surface area contributed by atoms with Crippen molar-refractivity contribution in [1.82, 2.24) is 15.0 Å². The van der Waals surface area contributed by atoms with Gasteiger partial charge >= 0.3 is 0 Å². The monoisotopic (exact) mass is 489 g/mol. The zero-order chi connectivity index (χ0) is 23.9. The number of nitrogens with zero attached hydrogens (tertiary/aromatic N) is 4. The summed E-state index contributed by atoms with van der Waals surface area (Å²) in [5, 5.41) is 22.1. The number of hydrogen-bond acceptors (Lipinski definition) is 9. The van der Waals surface area contributed by atoms with Crippen molar-refractivity contribution >= 4 is 34.7 Å². The highest BCUT2D eigenvalue weighted by molar-refractivity contribution is 8.00. The van der Waals surface area contributed by atoms with Crippen LogP contribution in [0.5, 0.6) is 5.75 Å². The van der Waals surface area contributed by atoms with E-state index in [0.717, 1.165) is 37.2 Å². The third kappa shape index (κ3) is 5.20. The topological polar surface area (TPSA) is 104 Å². The van der Waals surface area contributed by atoms with E-state index < -0.39 is 0 Å². The summed E-state index contributed by atoms with van der Waals surface area (Å²) in [5.74, 6) is 1.15. The summed E-state index contributed by atoms with van der Waals surface area (Å²) in [4.78, 5) is 14.5. The normalized spacial score (nSPS) is 10.6. The molecule has 0 aliphatic carbocycles. The second-order valence-electron chi connectivity index (χ2n) is 7.33. The van der Waals surface area contributed by atoms with Gasteiger partial charge in [0.2, 0.25) is 5.95 Å². The van der Waals surface area contributed by atoms with Crippen LogP contribution in [0, 0.1) is 18.3 Å². The molecule has 0 saturated carbocycles. The Morgan fingerprint density at radius 1 is 1.24 bits per heavy atom. The Balaban J connectivity index is 1.72. The summed E-state index contributed by atoms with van der Waals surface area (Å²) in [6.07, 6.45) is 7.82. The maximum Gasteiger partial charge on any atom is 0.227 e. The zero-order valence-electron chi connectivity index (χ0n) is 18.8. The van der Waals surface area contributed by atoms with E-state index in [4.69, 9.17) is 14.8 Å². The van der Waals surface area contributed by atoms with Crippen LogP contribution in [0.15, 0.2) is 59.2 Å². The van der Waals surface area contributed by atoms with Gasteiger partial charge in [-0.1, -0.05) is 12.1 Å². The Kier molecular flexibility index (Phi) is 7.75. The SMILES string of the molecule is CSc1sc(-c2nc(Nc3cccc(OCCCO)c3)ncc2C)c(-c2cccnc2)c1C#N. The van der Waals surface area contributed by atoms with Crippen molar-refractivity contribution in [1.29, 1.82) is 5.26 Å². The van der Waals surface area contributed by atoms with E-state index >= 15 is 0 Å². The fraction of sp³-hybridized carbons (Fsp3) is 0.200. The van der Waals surface area contributed by atoms with E-state index in [1.54, 1.807) is 41.7 Å². The Labute approximate surface area is 206 Å². The smallest absolute Gasteiger partial charge is 0.227 e. The Bertz CT molecular complexity index is 1320. The molecule has 2 N–H and O–H groups in total. The molecule has 4 rings (SSSR count). The minimum Gasteiger partial charge on any atom is -0.493 e. The largest absolute Gasteiger partial charge is 0.493 e. The Morgan fingerprint density at radius 3 is 2.85 bits per heavy atom. The molecule has 34 heavy (non-hydrogen) atoms. The molecule has 1 aromatic carbocycles. The second kappa shape index (κ2) is 11.1. The maximum atomic E-state index is 9.93. The summed E-state index contributed by atoms with van der Waals surface area (Å²) in [6.45, 7) is 2.50. The van der Waals surface area contributed by atoms with E-state index in [2.05, 4.69) is 21.4 Å². The Morgan fingerprint density at radius 2 is 2.12 bits per heavy atom. The van der Waals surface area contributed by atoms with Crippen molar-refractivity contribution in [3.8, 4) is 33.5 Å². The van der Waals surface area contributed by atoms with E-state index in [-0.39, 0.29) is 6.61 Å². The molecule has 0 spiro atoms. The van der Waals surface area contributed by atoms with Gasteiger partial charge in [-0.25, -0.2) is 9.97 Å². The molecular weight excluding hydrogens is 466 g/mol. The molecule has 0 bridgehead atoms. The number of pyridine rings is 1. The summed E-state index contributed by atoms with van der Waals surface area (Å²) in [6, 6.07) is 13.7. The van der Waals surface area contributed by atoms with Gasteiger partial charge < -0.3 is 15.2 Å². The van der Waals surface area contributed by atoms with Crippen molar-refractivity contribution in [3.05, 3.63) is 66.1 Å². The molecule has 0 aliphatic rings. The number of aromatic nitrogens is 3. The first kappa shape index (κ1) is 23.7. The van der Waals surface area contributed by atoms with Gasteiger partial charge in [-0.15, -0.1) is 23.1 Å². The van der Waals surface area contributed by atoms with E-state index in [0.29, 0.717) is 30.3 Å². The van der Waals surface area contributed by atoms with Gasteiger partial charge in [0.15, 0.2) is 0 Å². The molecule has 0 aliphatic heterocycles. The number of nitrogens with one attached hydrogen (secondary N) is 1. The van der Waals surface area contributed by atoms with Crippen molar-refractivity contribution in [2.75, 3.05) is 24.8 Å². The van der Waals surface area contributed by atoms with Gasteiger partial charge in [0.25, 0.3) is 0 Å². The predicted octanol–water partition coefficient (Wildman–Crippen LogP) is 5.67. The third-order valence-electron chi connectivity index (χ3n) is 4.97. The lowest BCUT2D eigenvalue weighted by molar-refractivity contribution is 0.233. The van der Waals surface area contributed by atoms with Crippen LogP contribution < -0.4 is 10.1 Å². The van der Waals surface area contributed by atoms with Crippen LogP contribution in [-0.2, 0) is 0 Å². The van der Waals surface area contributed by atoms with Crippen LogP contribution in [0.2, 0.25) is 0 Å². The number of ether oxygens (including phenoxy) is 1. The molecule has 0 fully saturated rings. The van der Waals surface area contributed by atoms with Crippen molar-refractivity contribution in [2.24, 2.45) is 0 Å². The maximum absolute atomic E-state index is 9.93. The predicted molar refractivity (Wildman–Crippen MR) is 137 cm³/mol. The highest BCUT2D eigenvalue weighted by Crippen LogP contribution is 2.46. The second-order valence-corrected chi connectivity index (χ2v) is 9.43. The number of anilines is 2. The number of benzene rings is 1. The van der Waals surface area contributed by atoms with Crippen LogP contribution in [0.1, 0.15) is 17.5 Å². The molecule has 9 heteroatoms. The van der Waals surface area contributed by atoms with Gasteiger partial charge in [-0.05, 0) is 36.9 Å². The number of aliphatic hydroxyl groups excluding tert-OH is 1. The highest BCUT2D eigenvalue weighted by atomic mass is 32.2. The highest BCUT2D eigenvalue weighted by Gasteiger charge is 2.23. The van der Waals surface area contributed by atoms with Crippen molar-refractivity contribution in [2.45, 2.75) is 17.6 Å². The van der Waals surface area contributed by atoms with E-state index in [1.165, 1.54) is 0 Å². The first-order valence-corrected chi connectivity index (χ1v) is 12.6. The fourth-order valence-corrected chi connectivity index (χ4v) is 5.38. The molecule has 172 valence electrons. The van der Waals surface area contributed by atoms with Crippen LogP contribution in [-0.4, -0.2) is 39.5 Å². The summed E-state index contributed by atoms with van der Waals surface area (Å²) in [5.41, 5.74) is 4.84. The summed E-state index contributed by atoms with van der Waals surface area (Å²) >= 11 is 3.11. The average molecular weight is 490 g/mol. The number of hydrogen-bond donors (Lipinski definition) is 2. The standard InChI is InChI=1S/C25H23N5O2S2/c1-16-14-28-25(29-18-7-3-8-19(12-18)32-11-5-10-31)30-22(16)23-21(17-6-4-9-27-15-17)20(13-26)24(33-2)34-23/h3-4,6-9,12,14-15,31H,5,10-11H2,1-2H3,(H,28,29,30). The van der Waals surface area contributed by atoms with Gasteiger partial charge in [0, 0.05) is 54.5 Å². The fourth-order valence-electron chi connectivity index (χ4n) is 3.39. The molecule has 3 heterocycles. The van der Waals surface area contributed by atoms with Gasteiger partial charge in [0.1, 0.15) is 11.8 Å². The van der Waals surface area contributed by atoms with Crippen molar-refractivity contribution < 1.29 is 9.84 Å². The molecule has 7 nitrogen and oxygen atoms in total. The number of aryl methyl sites for hydroxylation is 1. The number of thioether (sulfide) groups is 1. The summed E-state index contributed by atoms with van der Waals surface area (Å²) < 4.78 is 6.61. The van der Waals surface area contributed by atoms with Gasteiger partial charge in [-0.3, -0.25) is 4.98 Å². The average Bonchev–Trinajstić information content (AvgIpc) is 3.25. The lowest BCUT2D eigenvalue weighted by atomic mass is 10.0. The van der Waals surface area contributed by atoms with Crippen LogP contribution in [0.3, 0.4) is 0 Å². The van der Waals surface area contributed by atoms with Crippen molar-refractivity contribution in [3.63, 3.8) is 0 Å². The molecule has 0 radical (unpaired) electrons. The third-order valence-corrected chi connectivity index (χ3v) is 7.29. The molecule has 0 amide bonds. The minimum atomic E-state index is 0.0907. The molecule has 4 aromatic rings. The molecule has 3 aromatic heterocycles. The number of thiophene rings is 1. The number of rotatable bonds is 9. The number of nitriles is 1. The lowest BCUT2D eigenvalue weighted by Crippen LogP contribution is -2.02. The van der Waals surface area contributed by atoms with E-state index in [1.807, 2.05) is 49.6 Å². The molecule has 0 atom stereocenters. The molecule has 0 unspecified atom stereocenters. The van der Waals surface area contributed by atoms with Gasteiger partial charge in [0.05, 0.1) is 27.0 Å². The quantitative estimate of drug-likeness (QED) is 0.229. The zero-order valence-corrected chi connectivity index (χ0v) is 20.4. The molecular formula is C25H23N5O2S2. The van der Waals surface area contributed by atoms with Crippen LogP contribution in [0.4, 0.5) is 11.6 Å². The lowest BCUT2D eigenvalue weighted by Gasteiger charge is -2.11. The van der Waals surface area contributed by atoms with Crippen LogP contribution >= 0.6 is 23.1 Å². The first-order valence-electron chi connectivity index (χ1n) is 10.6. The molecule has 0 saturated heterocycles. The Hall–Kier alpha value is -3.45. The summed E-state index contributed by atoms with van der Waals surface area (Å²) in [7, 11) is 0. The van der Waals surface area contributed by atoms with Crippen LogP contribution in [0.25, 0.3) is 21.7 Å². The minimum absolute atomic E-state index is 0.0907. The van der Waals surface area contributed by atoms with Gasteiger partial charge in [-0.2, -0.15) is 5.26 Å². The van der Waals surface area contributed by atoms with E-state index in [9.17, 15) is 5.26 Å². The number of aliphatic hydroxyl groups is 1. The first-order chi connectivity index (χ1) is 16.6.